The first-order valence-corrected chi connectivity index (χ1v) is 18.6. The van der Waals surface area contributed by atoms with Crippen molar-refractivity contribution in [3.05, 3.63) is 147 Å². The van der Waals surface area contributed by atoms with E-state index in [2.05, 4.69) is 136 Å². The van der Waals surface area contributed by atoms with Crippen molar-refractivity contribution in [2.75, 3.05) is 0 Å². The number of benzene rings is 6. The molecule has 6 aromatic carbocycles. The highest BCUT2D eigenvalue weighted by molar-refractivity contribution is 7.03. The van der Waals surface area contributed by atoms with Gasteiger partial charge in [-0.25, -0.2) is 13.6 Å². The van der Waals surface area contributed by atoms with E-state index in [0.29, 0.717) is 0 Å². The molecule has 0 amide bonds. The van der Waals surface area contributed by atoms with E-state index in [1.165, 1.54) is 60.8 Å². The van der Waals surface area contributed by atoms with Crippen molar-refractivity contribution in [2.24, 2.45) is 0 Å². The maximum Gasteiger partial charge on any atom is 0.340 e. The third kappa shape index (κ3) is 3.40. The van der Waals surface area contributed by atoms with Crippen molar-refractivity contribution in [3.63, 3.8) is 0 Å². The Balaban J connectivity index is 1.42. The minimum Gasteiger partial charge on any atom is -0.454 e. The lowest BCUT2D eigenvalue weighted by Crippen LogP contribution is -2.65. The predicted molar refractivity (Wildman–Crippen MR) is 222 cm³/mol. The van der Waals surface area contributed by atoms with E-state index in [1.807, 2.05) is 20.9 Å². The molecule has 0 saturated heterocycles. The van der Waals surface area contributed by atoms with Gasteiger partial charge in [0.25, 0.3) is 0 Å². The third-order valence-corrected chi connectivity index (χ3v) is 12.6. The lowest BCUT2D eigenvalue weighted by atomic mass is 9.30. The minimum absolute atomic E-state index is 0.0618. The molecular weight excluding hydrogens is 648 g/mol. The Morgan fingerprint density at radius 3 is 1.74 bits per heavy atom. The summed E-state index contributed by atoms with van der Waals surface area (Å²) >= 11 is 0. The maximum atomic E-state index is 15.7. The molecular formula is C46H33B2N3O2. The molecule has 12 rings (SSSR count). The molecule has 0 radical (unpaired) electrons. The van der Waals surface area contributed by atoms with Gasteiger partial charge in [-0.05, 0) is 80.1 Å². The number of aryl methyl sites for hydroxylation is 5. The topological polar surface area (TPSA) is 44.0 Å². The van der Waals surface area contributed by atoms with E-state index >= 15 is 4.79 Å². The second kappa shape index (κ2) is 9.81. The van der Waals surface area contributed by atoms with Gasteiger partial charge in [0.15, 0.2) is 5.58 Å². The highest BCUT2D eigenvalue weighted by Crippen LogP contribution is 2.37. The van der Waals surface area contributed by atoms with Gasteiger partial charge in [0, 0.05) is 21.8 Å². The van der Waals surface area contributed by atoms with Crippen LogP contribution in [0.25, 0.3) is 60.7 Å². The first-order valence-electron chi connectivity index (χ1n) is 18.6. The SMILES string of the molecule is Cc1cc2c3c(c1)B(c1c(C)cccc1C)c1c4ccc5c6ccccc6oc5c4n4c(=O)n5c6ccccc6c(c5n-3c14)B2c1c(C)cccc1C. The lowest BCUT2D eigenvalue weighted by molar-refractivity contribution is 0.670. The fourth-order valence-corrected chi connectivity index (χ4v) is 10.6. The van der Waals surface area contributed by atoms with Crippen LogP contribution in [0.5, 0.6) is 0 Å². The fraction of sp³-hybridized carbons (Fsp3) is 0.109. The van der Waals surface area contributed by atoms with Crippen molar-refractivity contribution in [1.29, 1.82) is 0 Å². The second-order valence-corrected chi connectivity index (χ2v) is 15.5. The first kappa shape index (κ1) is 29.4. The van der Waals surface area contributed by atoms with Crippen molar-refractivity contribution in [1.82, 2.24) is 13.4 Å². The van der Waals surface area contributed by atoms with Crippen molar-refractivity contribution >= 4 is 101 Å². The molecule has 0 aliphatic carbocycles. The summed E-state index contributed by atoms with van der Waals surface area (Å²) in [7, 11) is 0. The van der Waals surface area contributed by atoms with Gasteiger partial charge in [-0.3, -0.25) is 4.57 Å². The number of hydrogen-bond acceptors (Lipinski definition) is 2. The predicted octanol–water partition coefficient (Wildman–Crippen LogP) is 5.75. The van der Waals surface area contributed by atoms with Crippen LogP contribution in [0, 0.1) is 34.6 Å². The summed E-state index contributed by atoms with van der Waals surface area (Å²) < 4.78 is 13.2. The number of para-hydroxylation sites is 2. The number of furan rings is 1. The molecule has 5 nitrogen and oxygen atoms in total. The molecule has 0 saturated carbocycles. The molecule has 0 fully saturated rings. The molecule has 0 spiro atoms. The van der Waals surface area contributed by atoms with Gasteiger partial charge in [0.1, 0.15) is 22.4 Å². The fourth-order valence-electron chi connectivity index (χ4n) is 10.6. The number of nitrogens with zero attached hydrogens (tertiary/aromatic N) is 3. The van der Waals surface area contributed by atoms with Gasteiger partial charge >= 0.3 is 5.69 Å². The van der Waals surface area contributed by atoms with Gasteiger partial charge < -0.3 is 4.42 Å². The van der Waals surface area contributed by atoms with Gasteiger partial charge in [-0.2, -0.15) is 0 Å². The molecule has 10 aromatic rings. The van der Waals surface area contributed by atoms with Gasteiger partial charge in [0.2, 0.25) is 13.4 Å². The van der Waals surface area contributed by atoms with Crippen LogP contribution in [-0.4, -0.2) is 26.8 Å². The van der Waals surface area contributed by atoms with Gasteiger partial charge in [-0.1, -0.05) is 130 Å². The molecule has 4 aromatic heterocycles. The zero-order chi connectivity index (χ0) is 35.6. The average Bonchev–Trinajstić information content (AvgIpc) is 3.81. The van der Waals surface area contributed by atoms with Crippen LogP contribution in [-0.2, 0) is 0 Å². The van der Waals surface area contributed by atoms with E-state index in [-0.39, 0.29) is 19.1 Å². The molecule has 2 aliphatic heterocycles. The van der Waals surface area contributed by atoms with E-state index in [4.69, 9.17) is 4.42 Å². The first-order chi connectivity index (χ1) is 25.8. The normalized spacial score (nSPS) is 13.4. The second-order valence-electron chi connectivity index (χ2n) is 15.5. The van der Waals surface area contributed by atoms with E-state index in [0.717, 1.165) is 60.5 Å². The summed E-state index contributed by atoms with van der Waals surface area (Å²) in [6.45, 7) is 11.0. The Morgan fingerprint density at radius 2 is 1.08 bits per heavy atom. The lowest BCUT2D eigenvalue weighted by Gasteiger charge is -2.36. The Kier molecular flexibility index (Phi) is 5.44. The summed E-state index contributed by atoms with van der Waals surface area (Å²) in [5.74, 6) is 0. The van der Waals surface area contributed by atoms with Crippen molar-refractivity contribution < 1.29 is 4.42 Å². The van der Waals surface area contributed by atoms with E-state index < -0.39 is 0 Å². The van der Waals surface area contributed by atoms with Crippen LogP contribution in [0.15, 0.2) is 118 Å². The monoisotopic (exact) mass is 681 g/mol. The molecule has 7 heteroatoms. The zero-order valence-electron chi connectivity index (χ0n) is 30.2. The number of rotatable bonds is 2. The van der Waals surface area contributed by atoms with Gasteiger partial charge in [0.05, 0.1) is 5.52 Å². The van der Waals surface area contributed by atoms with Crippen LogP contribution >= 0.6 is 0 Å². The molecule has 0 bridgehead atoms. The third-order valence-electron chi connectivity index (χ3n) is 12.6. The molecule has 2 aliphatic rings. The van der Waals surface area contributed by atoms with Crippen molar-refractivity contribution in [3.8, 4) is 5.69 Å². The number of aromatic nitrogens is 3. The Hall–Kier alpha value is -6.20. The molecule has 53 heavy (non-hydrogen) atoms. The zero-order valence-corrected chi connectivity index (χ0v) is 30.2. The summed E-state index contributed by atoms with van der Waals surface area (Å²) in [5.41, 5.74) is 20.1. The molecule has 250 valence electrons. The molecule has 6 heterocycles. The Labute approximate surface area is 305 Å². The van der Waals surface area contributed by atoms with Crippen LogP contribution in [0.1, 0.15) is 27.8 Å². The summed E-state index contributed by atoms with van der Waals surface area (Å²) in [6, 6.07) is 39.2. The summed E-state index contributed by atoms with van der Waals surface area (Å²) in [5, 5.41) is 4.23. The Bertz CT molecular complexity index is 3360. The molecule has 0 unspecified atom stereocenters. The summed E-state index contributed by atoms with van der Waals surface area (Å²) in [4.78, 5) is 15.7. The molecule has 0 N–H and O–H groups in total. The smallest absolute Gasteiger partial charge is 0.340 e. The highest BCUT2D eigenvalue weighted by atomic mass is 16.3. The largest absolute Gasteiger partial charge is 0.454 e. The van der Waals surface area contributed by atoms with Crippen LogP contribution in [0.4, 0.5) is 0 Å². The number of fused-ring (bicyclic) bond motifs is 10. The Morgan fingerprint density at radius 1 is 0.528 bits per heavy atom. The summed E-state index contributed by atoms with van der Waals surface area (Å²) in [6.07, 6.45) is 0. The van der Waals surface area contributed by atoms with Crippen LogP contribution in [0.2, 0.25) is 0 Å². The van der Waals surface area contributed by atoms with E-state index in [9.17, 15) is 0 Å². The van der Waals surface area contributed by atoms with Gasteiger partial charge in [-0.15, -0.1) is 0 Å². The minimum atomic E-state index is -0.106. The molecule has 0 atom stereocenters. The quantitative estimate of drug-likeness (QED) is 0.219. The van der Waals surface area contributed by atoms with Crippen molar-refractivity contribution in [2.45, 2.75) is 34.6 Å². The average molecular weight is 681 g/mol. The van der Waals surface area contributed by atoms with Crippen LogP contribution in [0.3, 0.4) is 0 Å². The standard InChI is InChI=1S/C46H33B2N3O2/c1-24-22-33-42-34(23-24)48(38-27(4)14-11-15-28(38)5)40-32-21-20-30-29-16-7-9-19-36(29)53-43(30)41(32)51-45(40)50(42)44-39(47(33)37-25(2)12-10-13-26(37)3)31-17-6-8-18-35(31)49(44)46(51)52/h6-23H,1-5H3. The van der Waals surface area contributed by atoms with E-state index in [1.54, 1.807) is 0 Å². The van der Waals surface area contributed by atoms with Crippen LogP contribution < -0.4 is 38.5 Å². The number of hydrogen-bond donors (Lipinski definition) is 0. The maximum absolute atomic E-state index is 15.7. The highest BCUT2D eigenvalue weighted by Gasteiger charge is 2.46.